The summed E-state index contributed by atoms with van der Waals surface area (Å²) >= 11 is 3.05. The molecule has 1 saturated heterocycles. The second-order valence-electron chi connectivity index (χ2n) is 4.88. The standard InChI is InChI=1S/C11H12BrF3N4O/c12-8-7-5-18(9(20)6-1-2-16-6)3-4-19(7)10(17-8)11(13,14)15/h6,16H,1-5H2. The molecular weight excluding hydrogens is 341 g/mol. The van der Waals surface area contributed by atoms with Crippen molar-refractivity contribution in [2.24, 2.45) is 0 Å². The molecule has 2 aliphatic rings. The SMILES string of the molecule is O=C(C1CCN1)N1CCn2c(C(F)(F)F)nc(Br)c2C1. The van der Waals surface area contributed by atoms with Crippen LogP contribution in [-0.2, 0) is 24.1 Å². The quantitative estimate of drug-likeness (QED) is 0.830. The lowest BCUT2D eigenvalue weighted by atomic mass is 10.1. The van der Waals surface area contributed by atoms with E-state index in [0.29, 0.717) is 5.69 Å². The lowest BCUT2D eigenvalue weighted by Gasteiger charge is -2.35. The van der Waals surface area contributed by atoms with Gasteiger partial charge >= 0.3 is 6.18 Å². The summed E-state index contributed by atoms with van der Waals surface area (Å²) < 4.78 is 39.8. The third-order valence-corrected chi connectivity index (χ3v) is 4.28. The van der Waals surface area contributed by atoms with Gasteiger partial charge in [-0.15, -0.1) is 0 Å². The van der Waals surface area contributed by atoms with Gasteiger partial charge in [0, 0.05) is 13.1 Å². The third kappa shape index (κ3) is 2.22. The topological polar surface area (TPSA) is 50.2 Å². The van der Waals surface area contributed by atoms with Crippen LogP contribution in [0.25, 0.3) is 0 Å². The Labute approximate surface area is 121 Å². The van der Waals surface area contributed by atoms with Gasteiger partial charge in [0.1, 0.15) is 4.60 Å². The van der Waals surface area contributed by atoms with Crippen LogP contribution in [0.1, 0.15) is 17.9 Å². The summed E-state index contributed by atoms with van der Waals surface area (Å²) in [5, 5.41) is 3.01. The van der Waals surface area contributed by atoms with Crippen LogP contribution in [0.15, 0.2) is 4.60 Å². The predicted molar refractivity (Wildman–Crippen MR) is 66.8 cm³/mol. The molecule has 1 N–H and O–H groups in total. The molecule has 1 atom stereocenters. The summed E-state index contributed by atoms with van der Waals surface area (Å²) in [5.74, 6) is -0.961. The number of nitrogens with zero attached hydrogens (tertiary/aromatic N) is 3. The first kappa shape index (κ1) is 13.9. The van der Waals surface area contributed by atoms with Crippen molar-refractivity contribution in [3.63, 3.8) is 0 Å². The summed E-state index contributed by atoms with van der Waals surface area (Å²) in [7, 11) is 0. The van der Waals surface area contributed by atoms with E-state index in [2.05, 4.69) is 26.2 Å². The fourth-order valence-corrected chi connectivity index (χ4v) is 2.96. The number of alkyl halides is 3. The number of nitrogens with one attached hydrogen (secondary N) is 1. The number of fused-ring (bicyclic) bond motifs is 1. The molecule has 0 aliphatic carbocycles. The number of aromatic nitrogens is 2. The monoisotopic (exact) mass is 352 g/mol. The molecule has 9 heteroatoms. The number of hydrogen-bond donors (Lipinski definition) is 1. The van der Waals surface area contributed by atoms with Crippen LogP contribution in [0.5, 0.6) is 0 Å². The van der Waals surface area contributed by atoms with E-state index in [4.69, 9.17) is 0 Å². The van der Waals surface area contributed by atoms with Gasteiger partial charge in [-0.3, -0.25) is 4.79 Å². The zero-order valence-corrected chi connectivity index (χ0v) is 12.0. The van der Waals surface area contributed by atoms with Crippen molar-refractivity contribution in [3.05, 3.63) is 16.1 Å². The fraction of sp³-hybridized carbons (Fsp3) is 0.636. The van der Waals surface area contributed by atoms with E-state index < -0.39 is 12.0 Å². The molecule has 0 saturated carbocycles. The molecule has 1 aromatic heterocycles. The number of rotatable bonds is 1. The first-order valence-corrected chi connectivity index (χ1v) is 7.01. The summed E-state index contributed by atoms with van der Waals surface area (Å²) in [6.45, 7) is 1.35. The van der Waals surface area contributed by atoms with E-state index in [9.17, 15) is 18.0 Å². The fourth-order valence-electron chi connectivity index (χ4n) is 2.45. The van der Waals surface area contributed by atoms with E-state index in [1.165, 1.54) is 0 Å². The molecule has 0 radical (unpaired) electrons. The van der Waals surface area contributed by atoms with Crippen molar-refractivity contribution in [3.8, 4) is 0 Å². The largest absolute Gasteiger partial charge is 0.449 e. The van der Waals surface area contributed by atoms with Crippen molar-refractivity contribution >= 4 is 21.8 Å². The Bertz CT molecular complexity index is 553. The van der Waals surface area contributed by atoms with Gasteiger partial charge < -0.3 is 14.8 Å². The second-order valence-corrected chi connectivity index (χ2v) is 5.63. The molecule has 20 heavy (non-hydrogen) atoms. The second kappa shape index (κ2) is 4.73. The highest BCUT2D eigenvalue weighted by Gasteiger charge is 2.41. The Balaban J connectivity index is 1.85. The molecule has 0 aromatic carbocycles. The van der Waals surface area contributed by atoms with Gasteiger partial charge in [-0.2, -0.15) is 13.2 Å². The first-order valence-electron chi connectivity index (χ1n) is 6.22. The van der Waals surface area contributed by atoms with Crippen LogP contribution in [-0.4, -0.2) is 39.5 Å². The Morgan fingerprint density at radius 1 is 1.40 bits per heavy atom. The molecule has 3 heterocycles. The molecule has 0 spiro atoms. The van der Waals surface area contributed by atoms with Gasteiger partial charge in [-0.25, -0.2) is 4.98 Å². The third-order valence-electron chi connectivity index (χ3n) is 3.64. The highest BCUT2D eigenvalue weighted by atomic mass is 79.9. The maximum absolute atomic E-state index is 12.8. The molecule has 110 valence electrons. The molecule has 1 aromatic rings. The Morgan fingerprint density at radius 3 is 2.65 bits per heavy atom. The van der Waals surface area contributed by atoms with Crippen LogP contribution < -0.4 is 5.32 Å². The molecule has 2 aliphatic heterocycles. The molecular formula is C11H12BrF3N4O. The first-order chi connectivity index (χ1) is 9.38. The highest BCUT2D eigenvalue weighted by molar-refractivity contribution is 9.10. The highest BCUT2D eigenvalue weighted by Crippen LogP contribution is 2.34. The van der Waals surface area contributed by atoms with Crippen molar-refractivity contribution in [1.29, 1.82) is 0 Å². The average molecular weight is 353 g/mol. The zero-order valence-electron chi connectivity index (χ0n) is 10.4. The van der Waals surface area contributed by atoms with E-state index in [1.54, 1.807) is 4.90 Å². The minimum atomic E-state index is -4.48. The van der Waals surface area contributed by atoms with E-state index in [1.807, 2.05) is 0 Å². The number of amides is 1. The Morgan fingerprint density at radius 2 is 2.10 bits per heavy atom. The van der Waals surface area contributed by atoms with Gasteiger partial charge in [0.2, 0.25) is 11.7 Å². The van der Waals surface area contributed by atoms with E-state index in [0.717, 1.165) is 17.5 Å². The maximum Gasteiger partial charge on any atom is 0.449 e. The van der Waals surface area contributed by atoms with Crippen LogP contribution in [0, 0.1) is 0 Å². The van der Waals surface area contributed by atoms with Gasteiger partial charge in [0.15, 0.2) is 0 Å². The molecule has 3 rings (SSSR count). The zero-order chi connectivity index (χ0) is 14.5. The Hall–Kier alpha value is -1.09. The summed E-state index contributed by atoms with van der Waals surface area (Å²) in [6.07, 6.45) is -3.70. The predicted octanol–water partition coefficient (Wildman–Crippen LogP) is 1.37. The number of carbonyl (C=O) groups excluding carboxylic acids is 1. The minimum absolute atomic E-state index is 0.0517. The molecule has 5 nitrogen and oxygen atoms in total. The van der Waals surface area contributed by atoms with E-state index in [-0.39, 0.29) is 36.2 Å². The molecule has 1 amide bonds. The van der Waals surface area contributed by atoms with Crippen molar-refractivity contribution in [1.82, 2.24) is 19.8 Å². The molecule has 0 bridgehead atoms. The number of imidazole rings is 1. The maximum atomic E-state index is 12.8. The van der Waals surface area contributed by atoms with Crippen molar-refractivity contribution in [2.75, 3.05) is 13.1 Å². The van der Waals surface area contributed by atoms with Crippen LogP contribution >= 0.6 is 15.9 Å². The van der Waals surface area contributed by atoms with Gasteiger partial charge in [0.25, 0.3) is 0 Å². The number of carbonyl (C=O) groups is 1. The smallest absolute Gasteiger partial charge is 0.334 e. The summed E-state index contributed by atoms with van der Waals surface area (Å²) in [6, 6.07) is -0.190. The van der Waals surface area contributed by atoms with Crippen LogP contribution in [0.3, 0.4) is 0 Å². The van der Waals surface area contributed by atoms with Gasteiger partial charge in [0.05, 0.1) is 18.3 Å². The lowest BCUT2D eigenvalue weighted by Crippen LogP contribution is -2.55. The van der Waals surface area contributed by atoms with Crippen molar-refractivity contribution in [2.45, 2.75) is 31.7 Å². The summed E-state index contributed by atoms with van der Waals surface area (Å²) in [5.41, 5.74) is 0.399. The molecule has 1 unspecified atom stereocenters. The van der Waals surface area contributed by atoms with Gasteiger partial charge in [-0.05, 0) is 28.9 Å². The van der Waals surface area contributed by atoms with Gasteiger partial charge in [-0.1, -0.05) is 0 Å². The lowest BCUT2D eigenvalue weighted by molar-refractivity contribution is -0.148. The van der Waals surface area contributed by atoms with E-state index >= 15 is 0 Å². The molecule has 1 fully saturated rings. The summed E-state index contributed by atoms with van der Waals surface area (Å²) in [4.78, 5) is 17.2. The number of halogens is 4. The van der Waals surface area contributed by atoms with Crippen LogP contribution in [0.2, 0.25) is 0 Å². The average Bonchev–Trinajstić information content (AvgIpc) is 2.64. The normalized spacial score (nSPS) is 22.4. The van der Waals surface area contributed by atoms with Crippen molar-refractivity contribution < 1.29 is 18.0 Å². The number of hydrogen-bond acceptors (Lipinski definition) is 3. The minimum Gasteiger partial charge on any atom is -0.334 e. The Kier molecular flexibility index (Phi) is 3.28. The van der Waals surface area contributed by atoms with Crippen LogP contribution in [0.4, 0.5) is 13.2 Å².